The number of fused-ring (bicyclic) bond motifs is 2. The molecular weight excluding hydrogens is 659 g/mol. The van der Waals surface area contributed by atoms with Crippen molar-refractivity contribution in [2.75, 3.05) is 38.2 Å². The van der Waals surface area contributed by atoms with E-state index in [1.807, 2.05) is 0 Å². The van der Waals surface area contributed by atoms with Crippen molar-refractivity contribution in [3.05, 3.63) is 92.4 Å². The number of carbonyl (C=O) groups is 4. The monoisotopic (exact) mass is 689 g/mol. The van der Waals surface area contributed by atoms with E-state index in [0.29, 0.717) is 44.1 Å². The second-order valence-corrected chi connectivity index (χ2v) is 13.0. The minimum atomic E-state index is -0.905. The molecule has 3 aromatic carbocycles. The molecule has 1 fully saturated rings. The van der Waals surface area contributed by atoms with Gasteiger partial charge in [0.05, 0.1) is 50.1 Å². The Balaban J connectivity index is 1.39. The Bertz CT molecular complexity index is 1950. The van der Waals surface area contributed by atoms with Gasteiger partial charge in [0.2, 0.25) is 17.7 Å². The van der Waals surface area contributed by atoms with E-state index in [-0.39, 0.29) is 18.7 Å². The lowest BCUT2D eigenvalue weighted by Crippen LogP contribution is -2.33. The number of benzene rings is 3. The fourth-order valence-corrected chi connectivity index (χ4v) is 8.67. The number of amides is 3. The van der Waals surface area contributed by atoms with Crippen molar-refractivity contribution in [1.82, 2.24) is 4.57 Å². The van der Waals surface area contributed by atoms with E-state index in [1.165, 1.54) is 43.1 Å². The predicted molar refractivity (Wildman–Crippen MR) is 180 cm³/mol. The van der Waals surface area contributed by atoms with Crippen molar-refractivity contribution in [3.63, 3.8) is 0 Å². The number of carbonyl (C=O) groups excluding carboxylic acids is 4. The number of methoxy groups -OCH3 is 3. The second kappa shape index (κ2) is 13.6. The lowest BCUT2D eigenvalue weighted by molar-refractivity contribution is -0.122. The van der Waals surface area contributed by atoms with Crippen LogP contribution < -0.4 is 29.3 Å². The van der Waals surface area contributed by atoms with Gasteiger partial charge in [-0.25, -0.2) is 9.69 Å². The minimum absolute atomic E-state index is 0.208. The maximum Gasteiger partial charge on any atom is 0.338 e. The van der Waals surface area contributed by atoms with Crippen LogP contribution in [-0.4, -0.2) is 61.4 Å². The number of esters is 1. The zero-order valence-corrected chi connectivity index (χ0v) is 28.0. The lowest BCUT2D eigenvalue weighted by Gasteiger charge is -2.31. The third kappa shape index (κ3) is 5.92. The molecule has 1 N–H and O–H groups in total. The summed E-state index contributed by atoms with van der Waals surface area (Å²) in [7, 11) is 4.55. The summed E-state index contributed by atoms with van der Waals surface area (Å²) in [5.74, 6) is -1.94. The highest BCUT2D eigenvalue weighted by molar-refractivity contribution is 8.00. The first-order valence-electron chi connectivity index (χ1n) is 14.9. The van der Waals surface area contributed by atoms with Crippen LogP contribution in [0.4, 0.5) is 11.4 Å². The molecular formula is C34H31N3O9S2. The molecule has 248 valence electrons. The van der Waals surface area contributed by atoms with E-state index in [1.54, 1.807) is 56.5 Å². The molecule has 0 bridgehead atoms. The van der Waals surface area contributed by atoms with Crippen molar-refractivity contribution in [3.8, 4) is 17.2 Å². The highest BCUT2D eigenvalue weighted by Crippen LogP contribution is 2.54. The molecule has 0 radical (unpaired) electrons. The highest BCUT2D eigenvalue weighted by Gasteiger charge is 2.57. The average Bonchev–Trinajstić information content (AvgIpc) is 3.54. The molecule has 12 nitrogen and oxygen atoms in total. The number of nitrogens with one attached hydrogen (secondary N) is 1. The first-order chi connectivity index (χ1) is 23.2. The third-order valence-electron chi connectivity index (χ3n) is 8.13. The zero-order valence-electron chi connectivity index (χ0n) is 26.4. The van der Waals surface area contributed by atoms with Crippen LogP contribution in [0.2, 0.25) is 0 Å². The van der Waals surface area contributed by atoms with Crippen molar-refractivity contribution in [2.45, 2.75) is 29.7 Å². The molecule has 4 aromatic rings. The van der Waals surface area contributed by atoms with E-state index in [4.69, 9.17) is 18.9 Å². The van der Waals surface area contributed by atoms with Crippen LogP contribution in [0.1, 0.15) is 33.6 Å². The van der Waals surface area contributed by atoms with Gasteiger partial charge in [0.1, 0.15) is 17.5 Å². The number of rotatable bonds is 10. The summed E-state index contributed by atoms with van der Waals surface area (Å²) >= 11 is 2.04. The largest absolute Gasteiger partial charge is 0.497 e. The second-order valence-electron chi connectivity index (χ2n) is 10.8. The number of anilines is 2. The van der Waals surface area contributed by atoms with Gasteiger partial charge in [0, 0.05) is 16.5 Å². The number of hydrogen-bond acceptors (Lipinski definition) is 11. The van der Waals surface area contributed by atoms with Gasteiger partial charge < -0.3 is 24.3 Å². The van der Waals surface area contributed by atoms with Gasteiger partial charge in [-0.15, -0.1) is 0 Å². The van der Waals surface area contributed by atoms with E-state index in [0.717, 1.165) is 28.0 Å². The van der Waals surface area contributed by atoms with Crippen LogP contribution in [0.25, 0.3) is 0 Å². The fraction of sp³-hybridized carbons (Fsp3) is 0.265. The summed E-state index contributed by atoms with van der Waals surface area (Å²) in [6.07, 6.45) is 0. The molecule has 2 aliphatic heterocycles. The first-order valence-corrected chi connectivity index (χ1v) is 16.6. The summed E-state index contributed by atoms with van der Waals surface area (Å²) in [4.78, 5) is 68.5. The number of hydrogen-bond donors (Lipinski definition) is 1. The van der Waals surface area contributed by atoms with Gasteiger partial charge in [-0.3, -0.25) is 23.7 Å². The smallest absolute Gasteiger partial charge is 0.338 e. The Morgan fingerprint density at radius 3 is 2.21 bits per heavy atom. The number of thiazole rings is 1. The van der Waals surface area contributed by atoms with Gasteiger partial charge in [0.25, 0.3) is 0 Å². The van der Waals surface area contributed by atoms with Crippen molar-refractivity contribution >= 4 is 58.2 Å². The SMILES string of the molecule is CCOC(=O)c1ccc(N2C(=O)C3Sc4c(sc(=O)n4CC(=O)Nc4ccc(OC)cc4)[C@@H](c4ccc(OC)c(OC)c4)C3C2=O)cc1. The normalized spacial score (nSPS) is 18.2. The van der Waals surface area contributed by atoms with Gasteiger partial charge >= 0.3 is 10.8 Å². The Hall–Kier alpha value is -5.08. The predicted octanol–water partition coefficient (Wildman–Crippen LogP) is 4.55. The van der Waals surface area contributed by atoms with Gasteiger partial charge in [-0.1, -0.05) is 29.2 Å². The van der Waals surface area contributed by atoms with Crippen molar-refractivity contribution < 1.29 is 38.1 Å². The summed E-state index contributed by atoms with van der Waals surface area (Å²) in [5.41, 5.74) is 1.75. The topological polar surface area (TPSA) is 142 Å². The molecule has 48 heavy (non-hydrogen) atoms. The van der Waals surface area contributed by atoms with E-state index >= 15 is 0 Å². The van der Waals surface area contributed by atoms with Crippen LogP contribution >= 0.6 is 23.1 Å². The Labute approximate surface area is 283 Å². The van der Waals surface area contributed by atoms with Crippen LogP contribution in [0.5, 0.6) is 17.2 Å². The Morgan fingerprint density at radius 1 is 0.854 bits per heavy atom. The van der Waals surface area contributed by atoms with E-state index in [9.17, 15) is 24.0 Å². The van der Waals surface area contributed by atoms with Gasteiger partial charge in [0.15, 0.2) is 11.5 Å². The number of thioether (sulfide) groups is 1. The molecule has 0 saturated carbocycles. The molecule has 2 aliphatic rings. The lowest BCUT2D eigenvalue weighted by atomic mass is 9.83. The van der Waals surface area contributed by atoms with Crippen LogP contribution in [-0.2, 0) is 25.7 Å². The van der Waals surface area contributed by atoms with E-state index in [2.05, 4.69) is 5.32 Å². The summed E-state index contributed by atoms with van der Waals surface area (Å²) in [6.45, 7) is 1.61. The molecule has 3 amide bonds. The quantitative estimate of drug-likeness (QED) is 0.186. The maximum atomic E-state index is 14.3. The fourth-order valence-electron chi connectivity index (χ4n) is 5.89. The zero-order chi connectivity index (χ0) is 34.1. The summed E-state index contributed by atoms with van der Waals surface area (Å²) in [6, 6.07) is 18.1. The third-order valence-corrected chi connectivity index (χ3v) is 10.7. The molecule has 3 heterocycles. The maximum absolute atomic E-state index is 14.3. The van der Waals surface area contributed by atoms with Crippen molar-refractivity contribution in [1.29, 1.82) is 0 Å². The Morgan fingerprint density at radius 2 is 1.56 bits per heavy atom. The molecule has 0 spiro atoms. The van der Waals surface area contributed by atoms with Crippen LogP contribution in [0.3, 0.4) is 0 Å². The molecule has 1 aromatic heterocycles. The summed E-state index contributed by atoms with van der Waals surface area (Å²) < 4.78 is 22.6. The van der Waals surface area contributed by atoms with Crippen molar-refractivity contribution in [2.24, 2.45) is 5.92 Å². The average molecular weight is 690 g/mol. The van der Waals surface area contributed by atoms with Crippen LogP contribution in [0, 0.1) is 5.92 Å². The van der Waals surface area contributed by atoms with Gasteiger partial charge in [-0.05, 0) is 73.2 Å². The number of aromatic nitrogens is 1. The Kier molecular flexibility index (Phi) is 9.29. The van der Waals surface area contributed by atoms with Crippen LogP contribution in [0.15, 0.2) is 76.6 Å². The molecule has 0 aliphatic carbocycles. The summed E-state index contributed by atoms with van der Waals surface area (Å²) in [5, 5.41) is 2.33. The number of nitrogens with zero attached hydrogens (tertiary/aromatic N) is 2. The molecule has 3 atom stereocenters. The number of ether oxygens (including phenoxy) is 4. The highest BCUT2D eigenvalue weighted by atomic mass is 32.2. The molecule has 2 unspecified atom stereocenters. The number of imide groups is 1. The standard InChI is InChI=1S/C34H31N3O9S2/c1-5-46-33(41)18-6-11-21(12-7-18)37-30(39)27-26(19-8-15-23(44-3)24(16-19)45-4)29-32(47-28(27)31(37)40)36(34(42)48-29)17-25(38)35-20-9-13-22(43-2)14-10-20/h6-16,26-28H,5,17H2,1-4H3,(H,35,38)/t26-,27?,28?/m0/s1. The van der Waals surface area contributed by atoms with Gasteiger partial charge in [-0.2, -0.15) is 0 Å². The minimum Gasteiger partial charge on any atom is -0.497 e. The van der Waals surface area contributed by atoms with E-state index < -0.39 is 45.6 Å². The molecule has 14 heteroatoms. The molecule has 6 rings (SSSR count). The molecule has 1 saturated heterocycles. The first kappa shape index (κ1) is 32.8.